The molecule has 114 valence electrons. The summed E-state index contributed by atoms with van der Waals surface area (Å²) >= 11 is 0. The average Bonchev–Trinajstić information content (AvgIpc) is 2.57. The minimum atomic E-state index is -0.273. The molecule has 4 nitrogen and oxygen atoms in total. The molecule has 1 fully saturated rings. The topological polar surface area (TPSA) is 32.8 Å². The Hall–Kier alpha value is -0.694. The number of hydrogen-bond donors (Lipinski definition) is 0. The summed E-state index contributed by atoms with van der Waals surface area (Å²) in [4.78, 5) is 16.2. The number of carbonyl (C=O) groups excluding carboxylic acids is 1. The molecule has 0 bridgehead atoms. The molecule has 0 atom stereocenters. The molecule has 1 heterocycles. The van der Waals surface area contributed by atoms with Gasteiger partial charge in [-0.3, -0.25) is 4.90 Å². The first-order valence-corrected chi connectivity index (χ1v) is 7.50. The van der Waals surface area contributed by atoms with E-state index >= 15 is 0 Å². The predicted molar refractivity (Wildman–Crippen MR) is 84.6 cm³/mol. The maximum Gasteiger partial charge on any atom is 1.00 e. The van der Waals surface area contributed by atoms with Crippen molar-refractivity contribution in [1.29, 1.82) is 0 Å². The van der Waals surface area contributed by atoms with Crippen LogP contribution in [0.1, 0.15) is 5.56 Å². The van der Waals surface area contributed by atoms with Crippen molar-refractivity contribution < 1.29 is 60.9 Å². The van der Waals surface area contributed by atoms with Gasteiger partial charge < -0.3 is 9.64 Å². The Morgan fingerprint density at radius 2 is 1.65 bits per heavy atom. The van der Waals surface area contributed by atoms with E-state index in [4.69, 9.17) is 4.74 Å². The van der Waals surface area contributed by atoms with Crippen molar-refractivity contribution in [3.8, 4) is 5.75 Å². The fourth-order valence-electron chi connectivity index (χ4n) is 2.54. The van der Waals surface area contributed by atoms with Gasteiger partial charge in [0.1, 0.15) is 0 Å². The molecule has 3 rings (SSSR count). The smallest absolute Gasteiger partial charge is 0.437 e. The maximum absolute atomic E-state index is 12.1. The summed E-state index contributed by atoms with van der Waals surface area (Å²) in [6.07, 6.45) is -0.273. The zero-order valence-electron chi connectivity index (χ0n) is 13.4. The molecule has 0 N–H and O–H groups in total. The summed E-state index contributed by atoms with van der Waals surface area (Å²) in [5, 5.41) is 0. The summed E-state index contributed by atoms with van der Waals surface area (Å²) < 4.78 is 5.36. The second-order valence-corrected chi connectivity index (χ2v) is 5.35. The fraction of sp³-hybridized carbons (Fsp3) is 0.278. The van der Waals surface area contributed by atoms with Gasteiger partial charge in [0.15, 0.2) is 0 Å². The van der Waals surface area contributed by atoms with Gasteiger partial charge in [-0.15, -0.1) is 12.1 Å². The van der Waals surface area contributed by atoms with Crippen LogP contribution < -0.4 is 56.1 Å². The Balaban J connectivity index is 0.00000192. The molecule has 0 spiro atoms. The Labute approximate surface area is 179 Å². The van der Waals surface area contributed by atoms with Gasteiger partial charge in [-0.1, -0.05) is 30.3 Å². The molecule has 5 heteroatoms. The molecule has 1 aliphatic heterocycles. The van der Waals surface area contributed by atoms with Gasteiger partial charge in [-0.2, -0.15) is 18.2 Å². The molecule has 1 saturated heterocycles. The molecule has 1 amide bonds. The molecule has 2 aromatic rings. The van der Waals surface area contributed by atoms with E-state index in [0.717, 1.165) is 19.6 Å². The monoisotopic (exact) mass is 334 g/mol. The van der Waals surface area contributed by atoms with Crippen LogP contribution in [0.25, 0.3) is 0 Å². The van der Waals surface area contributed by atoms with Crippen molar-refractivity contribution in [2.75, 3.05) is 26.2 Å². The second kappa shape index (κ2) is 9.57. The summed E-state index contributed by atoms with van der Waals surface area (Å²) in [5.74, 6) is 0.565. The normalized spacial score (nSPS) is 14.9. The number of rotatable bonds is 3. The van der Waals surface area contributed by atoms with Crippen LogP contribution in [0.5, 0.6) is 5.75 Å². The van der Waals surface area contributed by atoms with E-state index in [0.29, 0.717) is 18.8 Å². The zero-order valence-corrected chi connectivity index (χ0v) is 16.6. The molecule has 0 unspecified atom stereocenters. The van der Waals surface area contributed by atoms with Crippen molar-refractivity contribution >= 4 is 6.09 Å². The van der Waals surface area contributed by atoms with Gasteiger partial charge in [-0.25, -0.2) is 4.79 Å². The van der Waals surface area contributed by atoms with E-state index in [-0.39, 0.29) is 57.5 Å². The molecular formula is C18H19KN2O2. The molecule has 0 saturated carbocycles. The third-order valence-corrected chi connectivity index (χ3v) is 3.77. The number of piperazine rings is 1. The molecule has 2 aromatic carbocycles. The van der Waals surface area contributed by atoms with Crippen LogP contribution in [0, 0.1) is 6.07 Å². The summed E-state index contributed by atoms with van der Waals surface area (Å²) in [7, 11) is 0. The second-order valence-electron chi connectivity index (χ2n) is 5.35. The van der Waals surface area contributed by atoms with E-state index in [9.17, 15) is 4.79 Å². The van der Waals surface area contributed by atoms with E-state index in [2.05, 4.69) is 35.2 Å². The van der Waals surface area contributed by atoms with Crippen molar-refractivity contribution in [3.05, 3.63) is 66.2 Å². The van der Waals surface area contributed by atoms with E-state index in [1.54, 1.807) is 29.2 Å². The molecule has 23 heavy (non-hydrogen) atoms. The molecule has 0 aromatic heterocycles. The van der Waals surface area contributed by atoms with Gasteiger partial charge in [0.05, 0.1) is 0 Å². The minimum absolute atomic E-state index is 0. The Kier molecular flexibility index (Phi) is 7.75. The fourth-order valence-corrected chi connectivity index (χ4v) is 2.54. The summed E-state index contributed by atoms with van der Waals surface area (Å²) in [6.45, 7) is 4.06. The van der Waals surface area contributed by atoms with E-state index in [1.165, 1.54) is 5.56 Å². The molecule has 1 aliphatic rings. The third-order valence-electron chi connectivity index (χ3n) is 3.77. The molecule has 0 radical (unpaired) electrons. The first kappa shape index (κ1) is 18.6. The number of carbonyl (C=O) groups is 1. The maximum atomic E-state index is 12.1. The van der Waals surface area contributed by atoms with Gasteiger partial charge in [0, 0.05) is 38.5 Å². The van der Waals surface area contributed by atoms with E-state index in [1.807, 2.05) is 6.07 Å². The minimum Gasteiger partial charge on any atom is -0.437 e. The number of hydrogen-bond acceptors (Lipinski definition) is 3. The number of benzene rings is 2. The van der Waals surface area contributed by atoms with Gasteiger partial charge >= 0.3 is 57.5 Å². The quantitative estimate of drug-likeness (QED) is 0.576. The van der Waals surface area contributed by atoms with Crippen molar-refractivity contribution in [2.24, 2.45) is 0 Å². The third kappa shape index (κ3) is 5.71. The Morgan fingerprint density at radius 1 is 1.00 bits per heavy atom. The van der Waals surface area contributed by atoms with Crippen LogP contribution in [0.3, 0.4) is 0 Å². The number of amides is 1. The first-order valence-electron chi connectivity index (χ1n) is 7.50. The van der Waals surface area contributed by atoms with Crippen molar-refractivity contribution in [2.45, 2.75) is 6.54 Å². The number of ether oxygens (including phenoxy) is 1. The van der Waals surface area contributed by atoms with Crippen LogP contribution in [0.4, 0.5) is 4.79 Å². The van der Waals surface area contributed by atoms with Crippen LogP contribution in [0.2, 0.25) is 0 Å². The van der Waals surface area contributed by atoms with Gasteiger partial charge in [0.2, 0.25) is 0 Å². The van der Waals surface area contributed by atoms with Gasteiger partial charge in [-0.05, 0) is 5.56 Å². The van der Waals surface area contributed by atoms with Crippen LogP contribution in [0.15, 0.2) is 54.6 Å². The Morgan fingerprint density at radius 3 is 2.30 bits per heavy atom. The SMILES string of the molecule is O=C(Oc1cc[c-]cc1)N1CCN(Cc2ccccc2)CC1.[K+]. The van der Waals surface area contributed by atoms with Crippen LogP contribution >= 0.6 is 0 Å². The molecular weight excluding hydrogens is 315 g/mol. The summed E-state index contributed by atoms with van der Waals surface area (Å²) in [5.41, 5.74) is 1.30. The van der Waals surface area contributed by atoms with Gasteiger partial charge in [0.25, 0.3) is 0 Å². The first-order chi connectivity index (χ1) is 10.8. The summed E-state index contributed by atoms with van der Waals surface area (Å²) in [6, 6.07) is 20.3. The molecule has 0 aliphatic carbocycles. The number of nitrogens with zero attached hydrogens (tertiary/aromatic N) is 2. The Bertz CT molecular complexity index is 599. The van der Waals surface area contributed by atoms with Crippen LogP contribution in [-0.2, 0) is 6.54 Å². The predicted octanol–water partition coefficient (Wildman–Crippen LogP) is -0.193. The standard InChI is InChI=1S/C18H19N2O2.K/c21-18(22-17-9-5-2-6-10-17)20-13-11-19(12-14-20)15-16-7-3-1-4-8-16;/h1,3-10H,11-15H2;/q-1;+1. The van der Waals surface area contributed by atoms with Crippen molar-refractivity contribution in [3.63, 3.8) is 0 Å². The largest absolute Gasteiger partial charge is 1.00 e. The average molecular weight is 334 g/mol. The van der Waals surface area contributed by atoms with Crippen molar-refractivity contribution in [1.82, 2.24) is 9.80 Å². The van der Waals surface area contributed by atoms with E-state index < -0.39 is 0 Å². The zero-order chi connectivity index (χ0) is 15.2. The van der Waals surface area contributed by atoms with Crippen LogP contribution in [-0.4, -0.2) is 42.1 Å².